The Bertz CT molecular complexity index is 571. The number of benzene rings is 1. The standard InChI is InChI=1S/C16H22N2O3/c1-10-6-7-11(2)12(9-10)17-15(21)18-13-5-4-8-16(13,3)14(19)20/h6-7,9,13H,4-5,8H2,1-3H3,(H,19,20)(H2,17,18,21). The van der Waals surface area contributed by atoms with Gasteiger partial charge in [0.1, 0.15) is 0 Å². The summed E-state index contributed by atoms with van der Waals surface area (Å²) in [6, 6.07) is 5.15. The van der Waals surface area contributed by atoms with Crippen molar-refractivity contribution in [3.63, 3.8) is 0 Å². The molecule has 1 aliphatic carbocycles. The number of carbonyl (C=O) groups excluding carboxylic acids is 1. The second-order valence-electron chi connectivity index (χ2n) is 6.08. The van der Waals surface area contributed by atoms with Crippen molar-refractivity contribution in [2.24, 2.45) is 5.41 Å². The number of carboxylic acids is 1. The van der Waals surface area contributed by atoms with Gasteiger partial charge in [-0.1, -0.05) is 18.6 Å². The Hall–Kier alpha value is -2.04. The van der Waals surface area contributed by atoms with Crippen molar-refractivity contribution in [2.75, 3.05) is 5.32 Å². The number of amides is 2. The quantitative estimate of drug-likeness (QED) is 0.800. The first-order valence-corrected chi connectivity index (χ1v) is 7.21. The minimum atomic E-state index is -0.876. The first kappa shape index (κ1) is 15.4. The van der Waals surface area contributed by atoms with E-state index in [0.717, 1.165) is 23.2 Å². The van der Waals surface area contributed by atoms with Crippen LogP contribution in [0.5, 0.6) is 0 Å². The molecule has 0 spiro atoms. The molecule has 0 aliphatic heterocycles. The van der Waals surface area contributed by atoms with E-state index in [4.69, 9.17) is 0 Å². The van der Waals surface area contributed by atoms with Crippen LogP contribution in [-0.4, -0.2) is 23.1 Å². The predicted octanol–water partition coefficient (Wildman–Crippen LogP) is 3.07. The molecule has 0 heterocycles. The van der Waals surface area contributed by atoms with Gasteiger partial charge in [-0.3, -0.25) is 4.79 Å². The SMILES string of the molecule is Cc1ccc(C)c(NC(=O)NC2CCCC2(C)C(=O)O)c1. The number of hydrogen-bond acceptors (Lipinski definition) is 2. The molecule has 5 heteroatoms. The minimum absolute atomic E-state index is 0.333. The smallest absolute Gasteiger partial charge is 0.319 e. The number of nitrogens with one attached hydrogen (secondary N) is 2. The van der Waals surface area contributed by atoms with Gasteiger partial charge >= 0.3 is 12.0 Å². The van der Waals surface area contributed by atoms with Crippen LogP contribution in [0.1, 0.15) is 37.3 Å². The van der Waals surface area contributed by atoms with Crippen molar-refractivity contribution in [3.8, 4) is 0 Å². The molecule has 1 fully saturated rings. The van der Waals surface area contributed by atoms with Crippen LogP contribution in [0.15, 0.2) is 18.2 Å². The average Bonchev–Trinajstić information content (AvgIpc) is 2.77. The van der Waals surface area contributed by atoms with Crippen LogP contribution in [0.25, 0.3) is 0 Å². The molecule has 21 heavy (non-hydrogen) atoms. The monoisotopic (exact) mass is 290 g/mol. The fraction of sp³-hybridized carbons (Fsp3) is 0.500. The van der Waals surface area contributed by atoms with Gasteiger partial charge in [0, 0.05) is 11.7 Å². The van der Waals surface area contributed by atoms with E-state index >= 15 is 0 Å². The Morgan fingerprint density at radius 2 is 2.05 bits per heavy atom. The summed E-state index contributed by atoms with van der Waals surface area (Å²) in [6.45, 7) is 5.58. The van der Waals surface area contributed by atoms with Gasteiger partial charge in [0.05, 0.1) is 5.41 Å². The zero-order valence-corrected chi connectivity index (χ0v) is 12.7. The number of carbonyl (C=O) groups is 2. The second kappa shape index (κ2) is 5.76. The number of aliphatic carboxylic acids is 1. The van der Waals surface area contributed by atoms with Crippen LogP contribution in [-0.2, 0) is 4.79 Å². The summed E-state index contributed by atoms with van der Waals surface area (Å²) in [5.41, 5.74) is 1.91. The summed E-state index contributed by atoms with van der Waals surface area (Å²) in [7, 11) is 0. The summed E-state index contributed by atoms with van der Waals surface area (Å²) in [5.74, 6) is -0.850. The highest BCUT2D eigenvalue weighted by atomic mass is 16.4. The van der Waals surface area contributed by atoms with Crippen molar-refractivity contribution in [2.45, 2.75) is 46.1 Å². The van der Waals surface area contributed by atoms with Crippen molar-refractivity contribution < 1.29 is 14.7 Å². The molecule has 3 N–H and O–H groups in total. The third-order valence-electron chi connectivity index (χ3n) is 4.39. The van der Waals surface area contributed by atoms with E-state index in [1.165, 1.54) is 0 Å². The summed E-state index contributed by atoms with van der Waals surface area (Å²) < 4.78 is 0. The van der Waals surface area contributed by atoms with Crippen molar-refractivity contribution >= 4 is 17.7 Å². The van der Waals surface area contributed by atoms with Gasteiger partial charge < -0.3 is 15.7 Å². The van der Waals surface area contributed by atoms with Crippen molar-refractivity contribution in [1.29, 1.82) is 0 Å². The van der Waals surface area contributed by atoms with E-state index in [-0.39, 0.29) is 12.1 Å². The highest BCUT2D eigenvalue weighted by Crippen LogP contribution is 2.38. The fourth-order valence-electron chi connectivity index (χ4n) is 2.84. The van der Waals surface area contributed by atoms with E-state index in [1.54, 1.807) is 6.92 Å². The summed E-state index contributed by atoms with van der Waals surface area (Å²) >= 11 is 0. The van der Waals surface area contributed by atoms with E-state index in [2.05, 4.69) is 10.6 Å². The maximum atomic E-state index is 12.1. The molecule has 2 unspecified atom stereocenters. The van der Waals surface area contributed by atoms with Gasteiger partial charge in [0.2, 0.25) is 0 Å². The molecule has 1 aromatic carbocycles. The van der Waals surface area contributed by atoms with Gasteiger partial charge in [0.25, 0.3) is 0 Å². The molecule has 1 aliphatic rings. The number of anilines is 1. The van der Waals surface area contributed by atoms with E-state index in [0.29, 0.717) is 12.8 Å². The van der Waals surface area contributed by atoms with Crippen LogP contribution >= 0.6 is 0 Å². The largest absolute Gasteiger partial charge is 0.481 e. The lowest BCUT2D eigenvalue weighted by molar-refractivity contribution is -0.148. The number of aryl methyl sites for hydroxylation is 2. The zero-order valence-electron chi connectivity index (χ0n) is 12.7. The maximum absolute atomic E-state index is 12.1. The topological polar surface area (TPSA) is 78.4 Å². The molecule has 1 aromatic rings. The van der Waals surface area contributed by atoms with Gasteiger partial charge in [0.15, 0.2) is 0 Å². The van der Waals surface area contributed by atoms with Crippen LogP contribution in [0.3, 0.4) is 0 Å². The van der Waals surface area contributed by atoms with Crippen molar-refractivity contribution in [1.82, 2.24) is 5.32 Å². The molecule has 2 rings (SSSR count). The maximum Gasteiger partial charge on any atom is 0.319 e. The Kier molecular flexibility index (Phi) is 4.21. The van der Waals surface area contributed by atoms with Gasteiger partial charge in [-0.15, -0.1) is 0 Å². The van der Waals surface area contributed by atoms with E-state index in [9.17, 15) is 14.7 Å². The van der Waals surface area contributed by atoms with Crippen LogP contribution < -0.4 is 10.6 Å². The minimum Gasteiger partial charge on any atom is -0.481 e. The van der Waals surface area contributed by atoms with Gasteiger partial charge in [-0.05, 0) is 50.8 Å². The highest BCUT2D eigenvalue weighted by Gasteiger charge is 2.45. The van der Waals surface area contributed by atoms with E-state index in [1.807, 2.05) is 32.0 Å². The number of hydrogen-bond donors (Lipinski definition) is 3. The Morgan fingerprint density at radius 1 is 1.33 bits per heavy atom. The summed E-state index contributed by atoms with van der Waals surface area (Å²) in [6.07, 6.45) is 2.11. The molecule has 0 bridgehead atoms. The zero-order chi connectivity index (χ0) is 15.6. The predicted molar refractivity (Wildman–Crippen MR) is 81.5 cm³/mol. The second-order valence-corrected chi connectivity index (χ2v) is 6.08. The molecular formula is C16H22N2O3. The lowest BCUT2D eigenvalue weighted by atomic mass is 9.85. The lowest BCUT2D eigenvalue weighted by Gasteiger charge is -2.27. The Labute approximate surface area is 124 Å². The average molecular weight is 290 g/mol. The number of rotatable bonds is 3. The molecule has 0 radical (unpaired) electrons. The Balaban J connectivity index is 2.05. The molecule has 0 aromatic heterocycles. The van der Waals surface area contributed by atoms with Crippen LogP contribution in [0.2, 0.25) is 0 Å². The summed E-state index contributed by atoms with van der Waals surface area (Å²) in [4.78, 5) is 23.5. The first-order chi connectivity index (χ1) is 9.83. The molecule has 0 saturated heterocycles. The highest BCUT2D eigenvalue weighted by molar-refractivity contribution is 5.91. The van der Waals surface area contributed by atoms with Gasteiger partial charge in [-0.25, -0.2) is 4.79 Å². The fourth-order valence-corrected chi connectivity index (χ4v) is 2.84. The first-order valence-electron chi connectivity index (χ1n) is 7.21. The normalized spacial score (nSPS) is 24.6. The van der Waals surface area contributed by atoms with Crippen LogP contribution in [0.4, 0.5) is 10.5 Å². The van der Waals surface area contributed by atoms with E-state index < -0.39 is 11.4 Å². The third kappa shape index (κ3) is 3.17. The van der Waals surface area contributed by atoms with Crippen LogP contribution in [0, 0.1) is 19.3 Å². The molecule has 5 nitrogen and oxygen atoms in total. The molecule has 1 saturated carbocycles. The molecule has 2 amide bonds. The molecule has 114 valence electrons. The Morgan fingerprint density at radius 3 is 2.71 bits per heavy atom. The molecular weight excluding hydrogens is 268 g/mol. The van der Waals surface area contributed by atoms with Crippen molar-refractivity contribution in [3.05, 3.63) is 29.3 Å². The van der Waals surface area contributed by atoms with Gasteiger partial charge in [-0.2, -0.15) is 0 Å². The summed E-state index contributed by atoms with van der Waals surface area (Å²) in [5, 5.41) is 15.0. The molecule has 2 atom stereocenters. The number of urea groups is 1. The number of carboxylic acid groups (broad SMARTS) is 1. The third-order valence-corrected chi connectivity index (χ3v) is 4.39. The lowest BCUT2D eigenvalue weighted by Crippen LogP contribution is -2.48.